The molecule has 2 fully saturated rings. The first-order valence-corrected chi connectivity index (χ1v) is 10.6. The van der Waals surface area contributed by atoms with Crippen LogP contribution >= 0.6 is 12.4 Å². The average molecular weight is 421 g/mol. The molecule has 1 amide bonds. The number of hydrogen-bond donors (Lipinski definition) is 1. The number of fused-ring (bicyclic) bond motifs is 1. The highest BCUT2D eigenvalue weighted by molar-refractivity contribution is 6.06. The molecule has 2 aromatic rings. The molecule has 1 unspecified atom stereocenters. The monoisotopic (exact) mass is 420 g/mol. The third-order valence-electron chi connectivity index (χ3n) is 5.76. The Morgan fingerprint density at radius 1 is 1.31 bits per heavy atom. The van der Waals surface area contributed by atoms with E-state index in [1.54, 1.807) is 0 Å². The minimum Gasteiger partial charge on any atom is -0.338 e. The van der Waals surface area contributed by atoms with Crippen LogP contribution in [0.25, 0.3) is 11.1 Å². The highest BCUT2D eigenvalue weighted by Gasteiger charge is 2.32. The average Bonchev–Trinajstić information content (AvgIpc) is 3.43. The minimum absolute atomic E-state index is 0. The zero-order valence-corrected chi connectivity index (χ0v) is 18.8. The predicted molar refractivity (Wildman–Crippen MR) is 117 cm³/mol. The molecule has 1 N–H and O–H groups in total. The fraction of sp³-hybridized carbons (Fsp3) is 0.682. The molecule has 0 aromatic carbocycles. The van der Waals surface area contributed by atoms with E-state index in [4.69, 9.17) is 9.51 Å². The smallest absolute Gasteiger partial charge is 0.259 e. The summed E-state index contributed by atoms with van der Waals surface area (Å²) in [6.45, 7) is 9.10. The van der Waals surface area contributed by atoms with E-state index in [9.17, 15) is 4.79 Å². The van der Waals surface area contributed by atoms with Gasteiger partial charge in [0.05, 0.1) is 16.6 Å². The first kappa shape index (κ1) is 22.0. The Hall–Kier alpha value is -1.66. The van der Waals surface area contributed by atoms with Gasteiger partial charge in [-0.1, -0.05) is 25.9 Å². The fourth-order valence-electron chi connectivity index (χ4n) is 4.28. The largest absolute Gasteiger partial charge is 0.338 e. The van der Waals surface area contributed by atoms with E-state index in [0.717, 1.165) is 67.7 Å². The number of nitrogens with one attached hydrogen (secondary N) is 1. The van der Waals surface area contributed by atoms with E-state index < -0.39 is 0 Å². The summed E-state index contributed by atoms with van der Waals surface area (Å²) >= 11 is 0. The van der Waals surface area contributed by atoms with Crippen LogP contribution in [0.3, 0.4) is 0 Å². The maximum Gasteiger partial charge on any atom is 0.259 e. The topological polar surface area (TPSA) is 71.3 Å². The molecule has 0 bridgehead atoms. The lowest BCUT2D eigenvalue weighted by Gasteiger charge is -2.33. The number of carbonyl (C=O) groups excluding carboxylic acids is 1. The van der Waals surface area contributed by atoms with Gasteiger partial charge in [-0.25, -0.2) is 4.98 Å². The van der Waals surface area contributed by atoms with Gasteiger partial charge in [-0.3, -0.25) is 4.79 Å². The Kier molecular flexibility index (Phi) is 6.54. The molecule has 29 heavy (non-hydrogen) atoms. The molecular weight excluding hydrogens is 388 g/mol. The van der Waals surface area contributed by atoms with Crippen LogP contribution in [-0.2, 0) is 6.42 Å². The van der Waals surface area contributed by atoms with Crippen LogP contribution in [0.4, 0.5) is 0 Å². The Bertz CT molecular complexity index is 868. The Labute approximate surface area is 179 Å². The first-order chi connectivity index (χ1) is 13.4. The summed E-state index contributed by atoms with van der Waals surface area (Å²) < 4.78 is 5.61. The van der Waals surface area contributed by atoms with Gasteiger partial charge in [-0.05, 0) is 63.1 Å². The van der Waals surface area contributed by atoms with Crippen LogP contribution < -0.4 is 5.32 Å². The van der Waals surface area contributed by atoms with Crippen LogP contribution in [0.2, 0.25) is 0 Å². The number of likely N-dealkylation sites (tertiary alicyclic amines) is 1. The van der Waals surface area contributed by atoms with E-state index in [0.29, 0.717) is 17.5 Å². The van der Waals surface area contributed by atoms with E-state index in [1.807, 2.05) is 18.0 Å². The fourth-order valence-corrected chi connectivity index (χ4v) is 4.28. The summed E-state index contributed by atoms with van der Waals surface area (Å²) in [6, 6.07) is 2.02. The van der Waals surface area contributed by atoms with Crippen molar-refractivity contribution in [1.29, 1.82) is 0 Å². The van der Waals surface area contributed by atoms with E-state index >= 15 is 0 Å². The number of hydrogen-bond acceptors (Lipinski definition) is 5. The lowest BCUT2D eigenvalue weighted by molar-refractivity contribution is 0.0676. The molecule has 7 heteroatoms. The van der Waals surface area contributed by atoms with E-state index in [-0.39, 0.29) is 23.7 Å². The second kappa shape index (κ2) is 8.60. The molecule has 1 aliphatic heterocycles. The lowest BCUT2D eigenvalue weighted by Crippen LogP contribution is -2.42. The zero-order valence-electron chi connectivity index (χ0n) is 18.0. The van der Waals surface area contributed by atoms with Gasteiger partial charge >= 0.3 is 0 Å². The summed E-state index contributed by atoms with van der Waals surface area (Å²) in [5, 5.41) is 8.39. The van der Waals surface area contributed by atoms with Crippen molar-refractivity contribution in [2.24, 2.45) is 11.3 Å². The van der Waals surface area contributed by atoms with E-state index in [2.05, 4.69) is 31.2 Å². The van der Waals surface area contributed by atoms with Crippen molar-refractivity contribution in [3.05, 3.63) is 23.0 Å². The maximum atomic E-state index is 13.6. The molecule has 1 saturated carbocycles. The van der Waals surface area contributed by atoms with Gasteiger partial charge in [-0.2, -0.15) is 0 Å². The van der Waals surface area contributed by atoms with Crippen LogP contribution in [-0.4, -0.2) is 47.6 Å². The number of carbonyl (C=O) groups is 1. The number of aromatic nitrogens is 2. The van der Waals surface area contributed by atoms with Crippen molar-refractivity contribution < 1.29 is 9.32 Å². The standard InChI is InChI=1S/C22H32N4O2.ClH/c1-22(2,3)11-18-19-16(10-17(15-7-8-15)24-20(19)28-25-18)21(27)26-9-5-6-14(13-26)12-23-4;/h10,14-15,23H,5-9,11-13H2,1-4H3;1H. The highest BCUT2D eigenvalue weighted by atomic mass is 35.5. The Morgan fingerprint density at radius 2 is 2.07 bits per heavy atom. The quantitative estimate of drug-likeness (QED) is 0.785. The van der Waals surface area contributed by atoms with Gasteiger partial charge in [0.15, 0.2) is 0 Å². The van der Waals surface area contributed by atoms with Crippen molar-refractivity contribution in [1.82, 2.24) is 20.4 Å². The summed E-state index contributed by atoms with van der Waals surface area (Å²) in [6.07, 6.45) is 5.27. The van der Waals surface area contributed by atoms with Gasteiger partial charge in [0, 0.05) is 24.7 Å². The second-order valence-corrected chi connectivity index (χ2v) is 9.73. The molecule has 1 atom stereocenters. The number of pyridine rings is 1. The third kappa shape index (κ3) is 4.92. The number of amides is 1. The normalized spacial score (nSPS) is 20.0. The third-order valence-corrected chi connectivity index (χ3v) is 5.76. The van der Waals surface area contributed by atoms with Crippen molar-refractivity contribution in [3.8, 4) is 0 Å². The van der Waals surface area contributed by atoms with Crippen LogP contribution in [0.15, 0.2) is 10.6 Å². The molecule has 0 radical (unpaired) electrons. The Morgan fingerprint density at radius 3 is 2.72 bits per heavy atom. The van der Waals surface area contributed by atoms with Crippen molar-refractivity contribution in [3.63, 3.8) is 0 Å². The number of halogens is 1. The molecule has 1 saturated heterocycles. The van der Waals surface area contributed by atoms with Crippen molar-refractivity contribution in [2.75, 3.05) is 26.7 Å². The SMILES string of the molecule is CNCC1CCCN(C(=O)c2cc(C3CC3)nc3onc(CC(C)(C)C)c23)C1.Cl. The molecule has 4 rings (SSSR count). The lowest BCUT2D eigenvalue weighted by atomic mass is 9.89. The van der Waals surface area contributed by atoms with Crippen LogP contribution in [0, 0.1) is 11.3 Å². The highest BCUT2D eigenvalue weighted by Crippen LogP contribution is 2.41. The van der Waals surface area contributed by atoms with Gasteiger partial charge < -0.3 is 14.7 Å². The van der Waals surface area contributed by atoms with Crippen molar-refractivity contribution >= 4 is 29.4 Å². The predicted octanol–water partition coefficient (Wildman–Crippen LogP) is 4.18. The van der Waals surface area contributed by atoms with E-state index in [1.165, 1.54) is 6.42 Å². The number of piperidine rings is 1. The maximum absolute atomic E-state index is 13.6. The molecule has 6 nitrogen and oxygen atoms in total. The summed E-state index contributed by atoms with van der Waals surface area (Å²) in [5.41, 5.74) is 3.15. The molecule has 160 valence electrons. The molecule has 2 aliphatic rings. The molecule has 1 aliphatic carbocycles. The second-order valence-electron chi connectivity index (χ2n) is 9.73. The summed E-state index contributed by atoms with van der Waals surface area (Å²) in [4.78, 5) is 20.3. The first-order valence-electron chi connectivity index (χ1n) is 10.6. The zero-order chi connectivity index (χ0) is 19.9. The Balaban J connectivity index is 0.00000240. The summed E-state index contributed by atoms with van der Waals surface area (Å²) in [5.74, 6) is 1.08. The molecular formula is C22H33ClN4O2. The minimum atomic E-state index is 0. The molecule has 2 aromatic heterocycles. The van der Waals surface area contributed by atoms with Crippen LogP contribution in [0.5, 0.6) is 0 Å². The van der Waals surface area contributed by atoms with Crippen molar-refractivity contribution in [2.45, 2.75) is 58.8 Å². The number of rotatable bonds is 5. The molecule has 0 spiro atoms. The van der Waals surface area contributed by atoms with Gasteiger partial charge in [0.25, 0.3) is 11.6 Å². The van der Waals surface area contributed by atoms with Gasteiger partial charge in [0.1, 0.15) is 0 Å². The van der Waals surface area contributed by atoms with Crippen LogP contribution in [0.1, 0.15) is 74.1 Å². The van der Waals surface area contributed by atoms with Gasteiger partial charge in [0.2, 0.25) is 0 Å². The van der Waals surface area contributed by atoms with Gasteiger partial charge in [-0.15, -0.1) is 12.4 Å². The molecule has 3 heterocycles. The number of nitrogens with zero attached hydrogens (tertiary/aromatic N) is 3. The summed E-state index contributed by atoms with van der Waals surface area (Å²) in [7, 11) is 1.98.